The fourth-order valence-electron chi connectivity index (χ4n) is 2.25. The molecular weight excluding hydrogens is 321 g/mol. The average molecular weight is 338 g/mol. The first-order valence-corrected chi connectivity index (χ1v) is 7.22. The molecule has 0 spiro atoms. The number of benzene rings is 2. The molecule has 0 aliphatic heterocycles. The van der Waals surface area contributed by atoms with E-state index in [2.05, 4.69) is 15.9 Å². The third-order valence-electron chi connectivity index (χ3n) is 3.41. The second kappa shape index (κ2) is 6.48. The van der Waals surface area contributed by atoms with Crippen LogP contribution in [0.5, 0.6) is 0 Å². The number of hydrogen-bond acceptors (Lipinski definition) is 2. The summed E-state index contributed by atoms with van der Waals surface area (Å²) in [6, 6.07) is 12.4. The molecule has 4 heteroatoms. The SMILES string of the molecule is Cc1ccc(C(O)C(CN)c2ccc(Br)cc2)c(F)c1. The Bertz CT molecular complexity index is 586. The first-order valence-electron chi connectivity index (χ1n) is 6.42. The summed E-state index contributed by atoms with van der Waals surface area (Å²) in [5, 5.41) is 10.4. The highest BCUT2D eigenvalue weighted by molar-refractivity contribution is 9.10. The number of aryl methyl sites for hydroxylation is 1. The molecule has 0 radical (unpaired) electrons. The van der Waals surface area contributed by atoms with Gasteiger partial charge in [0.1, 0.15) is 5.82 Å². The van der Waals surface area contributed by atoms with E-state index in [-0.39, 0.29) is 18.0 Å². The van der Waals surface area contributed by atoms with Crippen molar-refractivity contribution in [2.24, 2.45) is 5.73 Å². The van der Waals surface area contributed by atoms with E-state index in [0.29, 0.717) is 0 Å². The lowest BCUT2D eigenvalue weighted by Crippen LogP contribution is -2.21. The van der Waals surface area contributed by atoms with Gasteiger partial charge < -0.3 is 10.8 Å². The zero-order valence-electron chi connectivity index (χ0n) is 11.2. The Balaban J connectivity index is 2.33. The van der Waals surface area contributed by atoms with E-state index >= 15 is 0 Å². The Kier molecular flexibility index (Phi) is 4.91. The van der Waals surface area contributed by atoms with Crippen molar-refractivity contribution in [2.75, 3.05) is 6.54 Å². The molecule has 2 aromatic rings. The van der Waals surface area contributed by atoms with Crippen LogP contribution in [0, 0.1) is 12.7 Å². The predicted octanol–water partition coefficient (Wildman–Crippen LogP) is 3.67. The highest BCUT2D eigenvalue weighted by Gasteiger charge is 2.24. The number of aliphatic hydroxyl groups is 1. The van der Waals surface area contributed by atoms with Gasteiger partial charge in [-0.25, -0.2) is 4.39 Å². The van der Waals surface area contributed by atoms with Crippen LogP contribution in [-0.4, -0.2) is 11.7 Å². The lowest BCUT2D eigenvalue weighted by molar-refractivity contribution is 0.143. The predicted molar refractivity (Wildman–Crippen MR) is 82.0 cm³/mol. The van der Waals surface area contributed by atoms with Crippen LogP contribution < -0.4 is 5.73 Å². The first kappa shape index (κ1) is 15.2. The fraction of sp³-hybridized carbons (Fsp3) is 0.250. The maximum absolute atomic E-state index is 14.0. The summed E-state index contributed by atoms with van der Waals surface area (Å²) in [7, 11) is 0. The lowest BCUT2D eigenvalue weighted by atomic mass is 9.89. The van der Waals surface area contributed by atoms with E-state index < -0.39 is 11.9 Å². The zero-order chi connectivity index (χ0) is 14.7. The molecule has 0 aliphatic rings. The van der Waals surface area contributed by atoms with Crippen molar-refractivity contribution in [2.45, 2.75) is 18.9 Å². The van der Waals surface area contributed by atoms with E-state index in [1.54, 1.807) is 12.1 Å². The Hall–Kier alpha value is -1.23. The number of nitrogens with two attached hydrogens (primary N) is 1. The molecule has 2 nitrogen and oxygen atoms in total. The van der Waals surface area contributed by atoms with Crippen molar-refractivity contribution < 1.29 is 9.50 Å². The van der Waals surface area contributed by atoms with Crippen molar-refractivity contribution in [3.8, 4) is 0 Å². The summed E-state index contributed by atoms with van der Waals surface area (Å²) in [6.07, 6.45) is -0.957. The number of aliphatic hydroxyl groups excluding tert-OH is 1. The van der Waals surface area contributed by atoms with Crippen LogP contribution in [0.4, 0.5) is 4.39 Å². The number of hydrogen-bond donors (Lipinski definition) is 2. The normalized spacial score (nSPS) is 14.1. The Morgan fingerprint density at radius 3 is 2.40 bits per heavy atom. The molecule has 2 unspecified atom stereocenters. The van der Waals surface area contributed by atoms with Crippen molar-refractivity contribution >= 4 is 15.9 Å². The third kappa shape index (κ3) is 3.26. The van der Waals surface area contributed by atoms with Crippen LogP contribution in [0.25, 0.3) is 0 Å². The van der Waals surface area contributed by atoms with Crippen molar-refractivity contribution in [1.29, 1.82) is 0 Å². The lowest BCUT2D eigenvalue weighted by Gasteiger charge is -2.23. The molecule has 0 aromatic heterocycles. The molecule has 0 aliphatic carbocycles. The molecule has 106 valence electrons. The minimum atomic E-state index is -0.957. The molecule has 2 rings (SSSR count). The van der Waals surface area contributed by atoms with Gasteiger partial charge in [-0.3, -0.25) is 0 Å². The van der Waals surface area contributed by atoms with Crippen LogP contribution in [0.1, 0.15) is 28.7 Å². The zero-order valence-corrected chi connectivity index (χ0v) is 12.8. The monoisotopic (exact) mass is 337 g/mol. The highest BCUT2D eigenvalue weighted by atomic mass is 79.9. The Labute approximate surface area is 126 Å². The van der Waals surface area contributed by atoms with Crippen LogP contribution in [0.3, 0.4) is 0 Å². The molecule has 0 saturated carbocycles. The molecule has 2 aromatic carbocycles. The Morgan fingerprint density at radius 2 is 1.85 bits per heavy atom. The Morgan fingerprint density at radius 1 is 1.20 bits per heavy atom. The van der Waals surface area contributed by atoms with Crippen LogP contribution >= 0.6 is 15.9 Å². The molecule has 0 saturated heterocycles. The van der Waals surface area contributed by atoms with Crippen molar-refractivity contribution in [3.63, 3.8) is 0 Å². The molecule has 0 heterocycles. The maximum atomic E-state index is 14.0. The summed E-state index contributed by atoms with van der Waals surface area (Å²) in [6.45, 7) is 2.06. The van der Waals surface area contributed by atoms with Crippen LogP contribution in [0.15, 0.2) is 46.9 Å². The van der Waals surface area contributed by atoms with Crippen molar-refractivity contribution in [3.05, 3.63) is 69.4 Å². The fourth-order valence-corrected chi connectivity index (χ4v) is 2.51. The van der Waals surface area contributed by atoms with E-state index in [1.165, 1.54) is 6.07 Å². The van der Waals surface area contributed by atoms with Gasteiger partial charge in [0.2, 0.25) is 0 Å². The summed E-state index contributed by atoms with van der Waals surface area (Å²) >= 11 is 3.36. The highest BCUT2D eigenvalue weighted by Crippen LogP contribution is 2.32. The second-order valence-corrected chi connectivity index (χ2v) is 5.78. The molecule has 20 heavy (non-hydrogen) atoms. The van der Waals surface area contributed by atoms with E-state index in [9.17, 15) is 9.50 Å². The van der Waals surface area contributed by atoms with Crippen LogP contribution in [-0.2, 0) is 0 Å². The van der Waals surface area contributed by atoms with E-state index in [0.717, 1.165) is 15.6 Å². The smallest absolute Gasteiger partial charge is 0.129 e. The van der Waals surface area contributed by atoms with Gasteiger partial charge in [0, 0.05) is 22.5 Å². The van der Waals surface area contributed by atoms with E-state index in [1.807, 2.05) is 31.2 Å². The number of halogens is 2. The van der Waals surface area contributed by atoms with Crippen LogP contribution in [0.2, 0.25) is 0 Å². The van der Waals surface area contributed by atoms with Gasteiger partial charge in [0.25, 0.3) is 0 Å². The van der Waals surface area contributed by atoms with Gasteiger partial charge >= 0.3 is 0 Å². The maximum Gasteiger partial charge on any atom is 0.129 e. The molecule has 2 atom stereocenters. The quantitative estimate of drug-likeness (QED) is 0.893. The number of rotatable bonds is 4. The van der Waals surface area contributed by atoms with Gasteiger partial charge in [-0.15, -0.1) is 0 Å². The second-order valence-electron chi connectivity index (χ2n) is 4.86. The average Bonchev–Trinajstić information content (AvgIpc) is 2.41. The van der Waals surface area contributed by atoms with Crippen molar-refractivity contribution in [1.82, 2.24) is 0 Å². The van der Waals surface area contributed by atoms with Gasteiger partial charge in [0.15, 0.2) is 0 Å². The largest absolute Gasteiger partial charge is 0.388 e. The molecule has 0 fully saturated rings. The minimum Gasteiger partial charge on any atom is -0.388 e. The molecule has 0 bridgehead atoms. The third-order valence-corrected chi connectivity index (χ3v) is 3.94. The molecule has 3 N–H and O–H groups in total. The molecule has 0 amide bonds. The summed E-state index contributed by atoms with van der Waals surface area (Å²) in [5.74, 6) is -0.728. The topological polar surface area (TPSA) is 46.2 Å². The minimum absolute atomic E-state index is 0.246. The first-order chi connectivity index (χ1) is 9.52. The van der Waals surface area contributed by atoms with E-state index in [4.69, 9.17) is 5.73 Å². The van der Waals surface area contributed by atoms with Gasteiger partial charge in [-0.1, -0.05) is 40.2 Å². The summed E-state index contributed by atoms with van der Waals surface area (Å²) in [5.41, 5.74) is 7.77. The summed E-state index contributed by atoms with van der Waals surface area (Å²) < 4.78 is 14.9. The van der Waals surface area contributed by atoms with Gasteiger partial charge in [0.05, 0.1) is 6.10 Å². The molecular formula is C16H17BrFNO. The van der Waals surface area contributed by atoms with Gasteiger partial charge in [-0.05, 0) is 36.2 Å². The standard InChI is InChI=1S/C16H17BrFNO/c1-10-2-7-13(15(18)8-10)16(20)14(9-19)11-3-5-12(17)6-4-11/h2-8,14,16,20H,9,19H2,1H3. The van der Waals surface area contributed by atoms with Gasteiger partial charge in [-0.2, -0.15) is 0 Å². The summed E-state index contributed by atoms with van der Waals surface area (Å²) in [4.78, 5) is 0.